The summed E-state index contributed by atoms with van der Waals surface area (Å²) in [6.07, 6.45) is 7.82. The Balaban J connectivity index is 3.55. The van der Waals surface area contributed by atoms with Crippen LogP contribution in [0.25, 0.3) is 0 Å². The van der Waals surface area contributed by atoms with Gasteiger partial charge in [0.15, 0.2) is 0 Å². The third-order valence-electron chi connectivity index (χ3n) is 5.34. The van der Waals surface area contributed by atoms with Crippen LogP contribution in [0.1, 0.15) is 85.4 Å². The number of terminal acetylenes is 1. The van der Waals surface area contributed by atoms with Crippen molar-refractivity contribution in [1.29, 1.82) is 0 Å². The van der Waals surface area contributed by atoms with E-state index >= 15 is 0 Å². The van der Waals surface area contributed by atoms with Crippen LogP contribution in [0.3, 0.4) is 0 Å². The highest BCUT2D eigenvalue weighted by Gasteiger charge is 2.39. The Hall–Kier alpha value is -2.66. The zero-order valence-corrected chi connectivity index (χ0v) is 24.0. The molecule has 200 valence electrons. The first-order valence-corrected chi connectivity index (χ1v) is 13.7. The molecule has 7 nitrogen and oxygen atoms in total. The van der Waals surface area contributed by atoms with Crippen molar-refractivity contribution in [3.8, 4) is 12.3 Å². The van der Waals surface area contributed by atoms with Crippen LogP contribution in [-0.2, 0) is 14.3 Å². The van der Waals surface area contributed by atoms with Crippen molar-refractivity contribution in [2.75, 3.05) is 12.0 Å². The highest BCUT2D eigenvalue weighted by molar-refractivity contribution is 7.98. The smallest absolute Gasteiger partial charge is 0.408 e. The fourth-order valence-electron chi connectivity index (χ4n) is 3.56. The molecule has 2 N–H and O–H groups in total. The average molecular weight is 518 g/mol. The average Bonchev–Trinajstić information content (AvgIpc) is 2.76. The van der Waals surface area contributed by atoms with E-state index in [9.17, 15) is 14.4 Å². The van der Waals surface area contributed by atoms with Crippen LogP contribution in [0.5, 0.6) is 0 Å². The van der Waals surface area contributed by atoms with Crippen molar-refractivity contribution in [3.05, 3.63) is 35.4 Å². The minimum absolute atomic E-state index is 0.280. The molecular formula is C28H43N3O4S. The van der Waals surface area contributed by atoms with Crippen molar-refractivity contribution < 1.29 is 19.1 Å². The number of rotatable bonds is 10. The molecule has 1 rings (SSSR count). The van der Waals surface area contributed by atoms with E-state index in [1.165, 1.54) is 0 Å². The maximum Gasteiger partial charge on any atom is 0.408 e. The molecule has 3 unspecified atom stereocenters. The van der Waals surface area contributed by atoms with Gasteiger partial charge in [0.25, 0.3) is 0 Å². The number of alkyl carbamates (subject to hydrolysis) is 1. The fourth-order valence-corrected chi connectivity index (χ4v) is 4.03. The molecule has 0 fully saturated rings. The van der Waals surface area contributed by atoms with Gasteiger partial charge >= 0.3 is 6.09 Å². The number of hydrogen-bond donors (Lipinski definition) is 2. The Morgan fingerprint density at radius 2 is 1.69 bits per heavy atom. The Kier molecular flexibility index (Phi) is 11.8. The van der Waals surface area contributed by atoms with Gasteiger partial charge in [0.1, 0.15) is 17.7 Å². The predicted molar refractivity (Wildman–Crippen MR) is 148 cm³/mol. The lowest BCUT2D eigenvalue weighted by Gasteiger charge is -2.39. The van der Waals surface area contributed by atoms with Crippen LogP contribution in [0.2, 0.25) is 0 Å². The molecule has 0 aliphatic rings. The predicted octanol–water partition coefficient (Wildman–Crippen LogP) is 4.90. The molecule has 0 aliphatic carbocycles. The van der Waals surface area contributed by atoms with Crippen molar-refractivity contribution in [2.24, 2.45) is 0 Å². The van der Waals surface area contributed by atoms with E-state index in [4.69, 9.17) is 11.2 Å². The Bertz CT molecular complexity index is 926. The number of nitrogens with one attached hydrogen (secondary N) is 2. The molecular weight excluding hydrogens is 474 g/mol. The van der Waals surface area contributed by atoms with Crippen molar-refractivity contribution in [3.63, 3.8) is 0 Å². The van der Waals surface area contributed by atoms with Crippen LogP contribution < -0.4 is 10.6 Å². The van der Waals surface area contributed by atoms with Gasteiger partial charge < -0.3 is 20.3 Å². The number of benzene rings is 1. The summed E-state index contributed by atoms with van der Waals surface area (Å²) < 4.78 is 5.42. The summed E-state index contributed by atoms with van der Waals surface area (Å²) in [6, 6.07) is 5.04. The number of ether oxygens (including phenoxy) is 1. The SMILES string of the molecule is C#Cc1ccc(C(C(=O)NC(C)(C)C)N(C(=O)C(CCSC)NC(=O)OC(C)(C)C)C(C)CC)cc1. The summed E-state index contributed by atoms with van der Waals surface area (Å²) in [6.45, 7) is 14.8. The van der Waals surface area contributed by atoms with E-state index in [2.05, 4.69) is 16.6 Å². The minimum atomic E-state index is -0.907. The summed E-state index contributed by atoms with van der Waals surface area (Å²) in [7, 11) is 0. The molecule has 36 heavy (non-hydrogen) atoms. The summed E-state index contributed by atoms with van der Waals surface area (Å²) >= 11 is 1.58. The van der Waals surface area contributed by atoms with Gasteiger partial charge in [-0.25, -0.2) is 4.79 Å². The van der Waals surface area contributed by atoms with Gasteiger partial charge in [-0.1, -0.05) is 25.0 Å². The first-order chi connectivity index (χ1) is 16.6. The largest absolute Gasteiger partial charge is 0.444 e. The molecule has 8 heteroatoms. The lowest BCUT2D eigenvalue weighted by Crippen LogP contribution is -2.57. The highest BCUT2D eigenvalue weighted by atomic mass is 32.2. The second kappa shape index (κ2) is 13.6. The number of amides is 3. The monoisotopic (exact) mass is 517 g/mol. The molecule has 1 aromatic carbocycles. The molecule has 0 bridgehead atoms. The van der Waals surface area contributed by atoms with Crippen molar-refractivity contribution >= 4 is 29.7 Å². The fraction of sp³-hybridized carbons (Fsp3) is 0.607. The molecule has 0 saturated heterocycles. The number of thioether (sulfide) groups is 1. The quantitative estimate of drug-likeness (QED) is 0.431. The molecule has 0 heterocycles. The Morgan fingerprint density at radius 3 is 2.14 bits per heavy atom. The standard InChI is InChI=1S/C28H43N3O4S/c1-11-19(3)31(25(33)22(17-18-36-10)29-26(34)35-28(7,8)9)23(24(32)30-27(4,5)6)21-15-13-20(12-2)14-16-21/h2,13-16,19,22-23H,11,17-18H2,1,3-10H3,(H,29,34)(H,30,32). The molecule has 1 aromatic rings. The zero-order valence-electron chi connectivity index (χ0n) is 23.2. The van der Waals surface area contributed by atoms with Gasteiger partial charge in [0, 0.05) is 17.1 Å². The van der Waals surface area contributed by atoms with Gasteiger partial charge in [-0.2, -0.15) is 11.8 Å². The molecule has 0 radical (unpaired) electrons. The van der Waals surface area contributed by atoms with E-state index in [1.54, 1.807) is 61.7 Å². The van der Waals surface area contributed by atoms with Gasteiger partial charge in [-0.15, -0.1) is 6.42 Å². The maximum absolute atomic E-state index is 14.1. The molecule has 0 saturated carbocycles. The van der Waals surface area contributed by atoms with Crippen molar-refractivity contribution in [2.45, 2.75) is 97.5 Å². The van der Waals surface area contributed by atoms with E-state index in [0.717, 1.165) is 0 Å². The summed E-state index contributed by atoms with van der Waals surface area (Å²) in [5, 5.41) is 5.78. The molecule has 3 atom stereocenters. The van der Waals surface area contributed by atoms with Gasteiger partial charge in [-0.3, -0.25) is 9.59 Å². The number of carbonyl (C=O) groups excluding carboxylic acids is 3. The van der Waals surface area contributed by atoms with Gasteiger partial charge in [-0.05, 0) is 91.0 Å². The van der Waals surface area contributed by atoms with Crippen LogP contribution in [0.15, 0.2) is 24.3 Å². The van der Waals surface area contributed by atoms with Crippen LogP contribution in [0.4, 0.5) is 4.79 Å². The summed E-state index contributed by atoms with van der Waals surface area (Å²) in [5.74, 6) is 2.60. The minimum Gasteiger partial charge on any atom is -0.444 e. The normalized spacial score (nSPS) is 14.1. The lowest BCUT2D eigenvalue weighted by atomic mass is 9.97. The van der Waals surface area contributed by atoms with E-state index in [0.29, 0.717) is 29.7 Å². The number of nitrogens with zero attached hydrogens (tertiary/aromatic N) is 1. The number of hydrogen-bond acceptors (Lipinski definition) is 5. The topological polar surface area (TPSA) is 87.7 Å². The first-order valence-electron chi connectivity index (χ1n) is 12.3. The third-order valence-corrected chi connectivity index (χ3v) is 5.98. The second-order valence-corrected chi connectivity index (χ2v) is 11.9. The Labute approximate surface area is 221 Å². The zero-order chi connectivity index (χ0) is 27.7. The van der Waals surface area contributed by atoms with Crippen LogP contribution in [-0.4, -0.2) is 58.0 Å². The van der Waals surface area contributed by atoms with Gasteiger partial charge in [0.2, 0.25) is 11.8 Å². The second-order valence-electron chi connectivity index (χ2n) is 10.9. The van der Waals surface area contributed by atoms with Crippen molar-refractivity contribution in [1.82, 2.24) is 15.5 Å². The number of carbonyl (C=O) groups is 3. The highest BCUT2D eigenvalue weighted by Crippen LogP contribution is 2.28. The maximum atomic E-state index is 14.1. The Morgan fingerprint density at radius 1 is 1.11 bits per heavy atom. The lowest BCUT2D eigenvalue weighted by molar-refractivity contribution is -0.145. The summed E-state index contributed by atoms with van der Waals surface area (Å²) in [5.41, 5.74) is 0.108. The molecule has 0 spiro atoms. The third kappa shape index (κ3) is 10.1. The van der Waals surface area contributed by atoms with E-state index in [-0.39, 0.29) is 17.9 Å². The van der Waals surface area contributed by atoms with Gasteiger partial charge in [0.05, 0.1) is 0 Å². The van der Waals surface area contributed by atoms with E-state index < -0.39 is 29.3 Å². The summed E-state index contributed by atoms with van der Waals surface area (Å²) in [4.78, 5) is 42.0. The molecule has 3 amide bonds. The first kappa shape index (κ1) is 31.4. The molecule has 0 aromatic heterocycles. The van der Waals surface area contributed by atoms with Crippen LogP contribution >= 0.6 is 11.8 Å². The van der Waals surface area contributed by atoms with E-state index in [1.807, 2.05) is 40.9 Å². The van der Waals surface area contributed by atoms with Crippen LogP contribution in [0, 0.1) is 12.3 Å². The molecule has 0 aliphatic heterocycles.